The van der Waals surface area contributed by atoms with Gasteiger partial charge in [-0.1, -0.05) is 0 Å². The highest BCUT2D eigenvalue weighted by Crippen LogP contribution is 2.15. The van der Waals surface area contributed by atoms with Gasteiger partial charge in [-0.05, 0) is 20.9 Å². The fourth-order valence-corrected chi connectivity index (χ4v) is 1.85. The zero-order valence-corrected chi connectivity index (χ0v) is 10.0. The molecule has 1 aromatic heterocycles. The Morgan fingerprint density at radius 2 is 2.25 bits per heavy atom. The molecule has 0 radical (unpaired) electrons. The van der Waals surface area contributed by atoms with Gasteiger partial charge in [0.25, 0.3) is 0 Å². The Bertz CT molecular complexity index is 396. The third kappa shape index (κ3) is 1.82. The van der Waals surface area contributed by atoms with E-state index < -0.39 is 5.54 Å². The average molecular weight is 222 g/mol. The minimum atomic E-state index is -0.505. The summed E-state index contributed by atoms with van der Waals surface area (Å²) in [4.78, 5) is 18.3. The highest BCUT2D eigenvalue weighted by atomic mass is 16.2. The van der Waals surface area contributed by atoms with Gasteiger partial charge in [-0.2, -0.15) is 0 Å². The van der Waals surface area contributed by atoms with Gasteiger partial charge in [0.2, 0.25) is 5.91 Å². The van der Waals surface area contributed by atoms with E-state index in [0.29, 0.717) is 6.54 Å². The molecule has 0 saturated heterocycles. The number of hydrogen-bond acceptors (Lipinski definition) is 3. The van der Waals surface area contributed by atoms with Gasteiger partial charge in [-0.15, -0.1) is 0 Å². The fourth-order valence-electron chi connectivity index (χ4n) is 1.85. The molecule has 0 atom stereocenters. The van der Waals surface area contributed by atoms with E-state index in [1.54, 1.807) is 6.20 Å². The van der Waals surface area contributed by atoms with Crippen LogP contribution in [-0.4, -0.2) is 39.5 Å². The lowest BCUT2D eigenvalue weighted by Crippen LogP contribution is -2.54. The molecule has 0 aliphatic carbocycles. The number of hydrogen-bond donors (Lipinski definition) is 1. The summed E-state index contributed by atoms with van der Waals surface area (Å²) in [6, 6.07) is 0. The predicted octanol–water partition coefficient (Wildman–Crippen LogP) is 0.223. The molecule has 1 N–H and O–H groups in total. The molecule has 0 unspecified atom stereocenters. The molecule has 0 saturated carbocycles. The predicted molar refractivity (Wildman–Crippen MR) is 60.8 cm³/mol. The number of imidazole rings is 1. The van der Waals surface area contributed by atoms with Gasteiger partial charge < -0.3 is 14.8 Å². The van der Waals surface area contributed by atoms with Crippen LogP contribution in [0.2, 0.25) is 0 Å². The first-order valence-corrected chi connectivity index (χ1v) is 5.53. The first kappa shape index (κ1) is 11.1. The SMILES string of the molecule is CNC(C)(C)C(=O)N1CCn2ccnc2C1. The molecule has 0 spiro atoms. The van der Waals surface area contributed by atoms with Crippen LogP contribution in [-0.2, 0) is 17.9 Å². The molecule has 5 heteroatoms. The molecule has 1 aromatic rings. The molecular formula is C11H18N4O. The minimum absolute atomic E-state index is 0.129. The number of fused-ring (bicyclic) bond motifs is 1. The zero-order chi connectivity index (χ0) is 11.8. The lowest BCUT2D eigenvalue weighted by molar-refractivity contribution is -0.138. The summed E-state index contributed by atoms with van der Waals surface area (Å²) in [5.41, 5.74) is -0.505. The molecule has 88 valence electrons. The molecule has 1 amide bonds. The van der Waals surface area contributed by atoms with E-state index in [0.717, 1.165) is 18.9 Å². The maximum absolute atomic E-state index is 12.2. The normalized spacial score (nSPS) is 16.1. The third-order valence-electron chi connectivity index (χ3n) is 3.19. The molecule has 2 heterocycles. The van der Waals surface area contributed by atoms with Crippen molar-refractivity contribution in [2.45, 2.75) is 32.5 Å². The summed E-state index contributed by atoms with van der Waals surface area (Å²) in [6.07, 6.45) is 3.74. The van der Waals surface area contributed by atoms with Crippen molar-refractivity contribution in [3.8, 4) is 0 Å². The van der Waals surface area contributed by atoms with E-state index in [1.807, 2.05) is 32.0 Å². The van der Waals surface area contributed by atoms with Crippen molar-refractivity contribution in [2.75, 3.05) is 13.6 Å². The van der Waals surface area contributed by atoms with Gasteiger partial charge in [0.15, 0.2) is 0 Å². The quantitative estimate of drug-likeness (QED) is 0.779. The molecule has 5 nitrogen and oxygen atoms in total. The van der Waals surface area contributed by atoms with Crippen molar-refractivity contribution in [3.63, 3.8) is 0 Å². The summed E-state index contributed by atoms with van der Waals surface area (Å²) >= 11 is 0. The van der Waals surface area contributed by atoms with Crippen LogP contribution in [0.25, 0.3) is 0 Å². The first-order valence-electron chi connectivity index (χ1n) is 5.53. The maximum atomic E-state index is 12.2. The lowest BCUT2D eigenvalue weighted by atomic mass is 10.0. The molecule has 2 rings (SSSR count). The van der Waals surface area contributed by atoms with Gasteiger partial charge in [-0.3, -0.25) is 4.79 Å². The summed E-state index contributed by atoms with van der Waals surface area (Å²) in [6.45, 7) is 6.00. The van der Waals surface area contributed by atoms with Gasteiger partial charge in [0.1, 0.15) is 5.82 Å². The molecule has 0 aromatic carbocycles. The number of nitrogens with zero attached hydrogens (tertiary/aromatic N) is 3. The van der Waals surface area contributed by atoms with Crippen LogP contribution in [0.5, 0.6) is 0 Å². The Labute approximate surface area is 95.5 Å². The number of carbonyl (C=O) groups is 1. The van der Waals surface area contributed by atoms with Crippen LogP contribution in [0.1, 0.15) is 19.7 Å². The summed E-state index contributed by atoms with van der Waals surface area (Å²) in [7, 11) is 1.81. The third-order valence-corrected chi connectivity index (χ3v) is 3.19. The first-order chi connectivity index (χ1) is 7.54. The van der Waals surface area contributed by atoms with E-state index in [-0.39, 0.29) is 5.91 Å². The summed E-state index contributed by atoms with van der Waals surface area (Å²) in [5, 5.41) is 3.04. The lowest BCUT2D eigenvalue weighted by Gasteiger charge is -2.34. The number of aromatic nitrogens is 2. The number of rotatable bonds is 2. The molecule has 1 aliphatic rings. The molecule has 16 heavy (non-hydrogen) atoms. The van der Waals surface area contributed by atoms with Crippen molar-refractivity contribution >= 4 is 5.91 Å². The average Bonchev–Trinajstić information content (AvgIpc) is 2.74. The van der Waals surface area contributed by atoms with E-state index in [4.69, 9.17) is 0 Å². The number of nitrogens with one attached hydrogen (secondary N) is 1. The van der Waals surface area contributed by atoms with Gasteiger partial charge in [-0.25, -0.2) is 4.98 Å². The fraction of sp³-hybridized carbons (Fsp3) is 0.636. The van der Waals surface area contributed by atoms with Crippen LogP contribution in [0.15, 0.2) is 12.4 Å². The summed E-state index contributed by atoms with van der Waals surface area (Å²) < 4.78 is 2.09. The van der Waals surface area contributed by atoms with Gasteiger partial charge >= 0.3 is 0 Å². The Balaban J connectivity index is 2.12. The number of likely N-dealkylation sites (N-methyl/N-ethyl adjacent to an activating group) is 1. The van der Waals surface area contributed by atoms with Gasteiger partial charge in [0, 0.05) is 25.5 Å². The van der Waals surface area contributed by atoms with E-state index in [1.165, 1.54) is 0 Å². The Kier molecular flexibility index (Phi) is 2.71. The second kappa shape index (κ2) is 3.90. The van der Waals surface area contributed by atoms with Crippen molar-refractivity contribution < 1.29 is 4.79 Å². The largest absolute Gasteiger partial charge is 0.332 e. The van der Waals surface area contributed by atoms with Crippen molar-refractivity contribution in [1.82, 2.24) is 19.8 Å². The van der Waals surface area contributed by atoms with Crippen LogP contribution in [0.3, 0.4) is 0 Å². The second-order valence-corrected chi connectivity index (χ2v) is 4.64. The molecular weight excluding hydrogens is 204 g/mol. The molecule has 0 fully saturated rings. The Hall–Kier alpha value is -1.36. The van der Waals surface area contributed by atoms with Crippen molar-refractivity contribution in [1.29, 1.82) is 0 Å². The van der Waals surface area contributed by atoms with Crippen LogP contribution in [0, 0.1) is 0 Å². The van der Waals surface area contributed by atoms with E-state index in [9.17, 15) is 4.79 Å². The van der Waals surface area contributed by atoms with Crippen LogP contribution in [0.4, 0.5) is 0 Å². The highest BCUT2D eigenvalue weighted by molar-refractivity contribution is 5.85. The minimum Gasteiger partial charge on any atom is -0.332 e. The second-order valence-electron chi connectivity index (χ2n) is 4.64. The monoisotopic (exact) mass is 222 g/mol. The Morgan fingerprint density at radius 1 is 1.50 bits per heavy atom. The van der Waals surface area contributed by atoms with Crippen LogP contribution >= 0.6 is 0 Å². The van der Waals surface area contributed by atoms with E-state index in [2.05, 4.69) is 14.9 Å². The maximum Gasteiger partial charge on any atom is 0.242 e. The zero-order valence-electron chi connectivity index (χ0n) is 10.0. The van der Waals surface area contributed by atoms with Crippen LogP contribution < -0.4 is 5.32 Å². The van der Waals surface area contributed by atoms with Crippen molar-refractivity contribution in [3.05, 3.63) is 18.2 Å². The standard InChI is InChI=1S/C11H18N4O/c1-11(2,12-3)10(16)15-7-6-14-5-4-13-9(14)8-15/h4-5,12H,6-8H2,1-3H3. The number of amides is 1. The molecule has 0 bridgehead atoms. The van der Waals surface area contributed by atoms with Crippen molar-refractivity contribution in [2.24, 2.45) is 0 Å². The number of carbonyl (C=O) groups excluding carboxylic acids is 1. The summed E-state index contributed by atoms with van der Waals surface area (Å²) in [5.74, 6) is 1.09. The topological polar surface area (TPSA) is 50.2 Å². The van der Waals surface area contributed by atoms with Gasteiger partial charge in [0.05, 0.1) is 12.1 Å². The smallest absolute Gasteiger partial charge is 0.242 e. The Morgan fingerprint density at radius 3 is 2.94 bits per heavy atom. The highest BCUT2D eigenvalue weighted by Gasteiger charge is 2.32. The molecule has 1 aliphatic heterocycles. The van der Waals surface area contributed by atoms with E-state index >= 15 is 0 Å².